The lowest BCUT2D eigenvalue weighted by molar-refractivity contribution is -0.128. The zero-order valence-electron chi connectivity index (χ0n) is 22.3. The maximum absolute atomic E-state index is 13.2. The second kappa shape index (κ2) is 7.89. The van der Waals surface area contributed by atoms with Crippen molar-refractivity contribution in [1.29, 1.82) is 5.26 Å². The third kappa shape index (κ3) is 3.65. The van der Waals surface area contributed by atoms with E-state index in [0.717, 1.165) is 44.1 Å². The Morgan fingerprint density at radius 2 is 1.74 bits per heavy atom. The maximum atomic E-state index is 13.2. The van der Waals surface area contributed by atoms with E-state index in [-0.39, 0.29) is 51.1 Å². The van der Waals surface area contributed by atoms with Gasteiger partial charge >= 0.3 is 0 Å². The Hall–Kier alpha value is -1.73. The van der Waals surface area contributed by atoms with Crippen molar-refractivity contribution in [2.24, 2.45) is 39.4 Å². The molecule has 4 rings (SSSR count). The molecule has 4 aliphatic rings. The largest absolute Gasteiger partial charge is 0.390 e. The molecule has 0 aromatic rings. The van der Waals surface area contributed by atoms with Gasteiger partial charge in [-0.3, -0.25) is 9.59 Å². The number of hydrogen-bond acceptors (Lipinski definition) is 4. The molecule has 0 heterocycles. The summed E-state index contributed by atoms with van der Waals surface area (Å²) in [6.07, 6.45) is 10.4. The first-order chi connectivity index (χ1) is 15.6. The van der Waals surface area contributed by atoms with Crippen molar-refractivity contribution in [3.8, 4) is 6.07 Å². The van der Waals surface area contributed by atoms with Gasteiger partial charge in [0, 0.05) is 17.8 Å². The van der Waals surface area contributed by atoms with Crippen LogP contribution in [0, 0.1) is 50.7 Å². The van der Waals surface area contributed by atoms with Crippen LogP contribution in [0.2, 0.25) is 0 Å². The number of nitrogens with zero attached hydrogens (tertiary/aromatic N) is 1. The minimum absolute atomic E-state index is 0.0597. The van der Waals surface area contributed by atoms with Gasteiger partial charge in [-0.05, 0) is 79.1 Å². The molecule has 0 aromatic carbocycles. The van der Waals surface area contributed by atoms with Gasteiger partial charge in [0.15, 0.2) is 11.6 Å². The molecule has 7 atom stereocenters. The van der Waals surface area contributed by atoms with Gasteiger partial charge in [0.1, 0.15) is 6.07 Å². The van der Waals surface area contributed by atoms with E-state index in [1.165, 1.54) is 0 Å². The standard InChI is InChI=1S/C30H43NO3/c1-19-15-26(3,4)10-12-30(19,34)13-11-27(5)17-22(32)14-24-28(6)16-21(18-31)25(33)20(2)23(28)8-9-29(24,27)7/h14,16,19-20,23,34H,8-13,15,17H2,1-7H3/t19?,20-,23-,27+,28-,29+,30-/m0/s1. The fraction of sp³-hybridized carbons (Fsp3) is 0.767. The number of aliphatic hydroxyl groups is 1. The molecule has 0 aliphatic heterocycles. The highest BCUT2D eigenvalue weighted by Crippen LogP contribution is 2.67. The lowest BCUT2D eigenvalue weighted by Crippen LogP contribution is -2.56. The monoisotopic (exact) mass is 465 g/mol. The Kier molecular flexibility index (Phi) is 5.88. The number of allylic oxidation sites excluding steroid dienone is 4. The van der Waals surface area contributed by atoms with Crippen LogP contribution in [0.5, 0.6) is 0 Å². The molecule has 4 nitrogen and oxygen atoms in total. The van der Waals surface area contributed by atoms with Gasteiger partial charge in [-0.2, -0.15) is 5.26 Å². The second-order valence-corrected chi connectivity index (χ2v) is 13.7. The van der Waals surface area contributed by atoms with E-state index in [2.05, 4.69) is 47.6 Å². The molecule has 2 saturated carbocycles. The summed E-state index contributed by atoms with van der Waals surface area (Å²) in [4.78, 5) is 25.9. The van der Waals surface area contributed by atoms with Crippen LogP contribution in [0.1, 0.15) is 99.8 Å². The summed E-state index contributed by atoms with van der Waals surface area (Å²) >= 11 is 0. The van der Waals surface area contributed by atoms with Crippen LogP contribution < -0.4 is 0 Å². The van der Waals surface area contributed by atoms with Crippen LogP contribution in [-0.2, 0) is 9.59 Å². The van der Waals surface area contributed by atoms with E-state index in [9.17, 15) is 20.0 Å². The van der Waals surface area contributed by atoms with Gasteiger partial charge in [-0.15, -0.1) is 0 Å². The van der Waals surface area contributed by atoms with Crippen molar-refractivity contribution >= 4 is 11.6 Å². The molecule has 0 radical (unpaired) electrons. The van der Waals surface area contributed by atoms with E-state index >= 15 is 0 Å². The van der Waals surface area contributed by atoms with Crippen LogP contribution in [0.4, 0.5) is 0 Å². The molecule has 0 aromatic heterocycles. The van der Waals surface area contributed by atoms with Gasteiger partial charge in [0.25, 0.3) is 0 Å². The molecule has 0 saturated heterocycles. The lowest BCUT2D eigenvalue weighted by atomic mass is 9.42. The van der Waals surface area contributed by atoms with Crippen molar-refractivity contribution in [3.05, 3.63) is 23.3 Å². The zero-order chi connectivity index (χ0) is 25.3. The minimum Gasteiger partial charge on any atom is -0.390 e. The summed E-state index contributed by atoms with van der Waals surface area (Å²) in [6, 6.07) is 2.13. The van der Waals surface area contributed by atoms with E-state index in [4.69, 9.17) is 0 Å². The molecule has 4 aliphatic carbocycles. The molecule has 186 valence electrons. The average molecular weight is 466 g/mol. The van der Waals surface area contributed by atoms with Crippen molar-refractivity contribution in [1.82, 2.24) is 0 Å². The first-order valence-corrected chi connectivity index (χ1v) is 13.3. The SMILES string of the molecule is CC1CC(C)(C)CC[C@]1(O)CC[C@]1(C)CC(=O)C=C2[C@@]3(C)C=C(C#N)C(=O)[C@@H](C)[C@@H]3CC[C@]21C. The maximum Gasteiger partial charge on any atom is 0.176 e. The number of nitriles is 1. The topological polar surface area (TPSA) is 78.2 Å². The summed E-state index contributed by atoms with van der Waals surface area (Å²) in [6.45, 7) is 15.4. The first kappa shape index (κ1) is 25.4. The van der Waals surface area contributed by atoms with E-state index in [0.29, 0.717) is 12.8 Å². The first-order valence-electron chi connectivity index (χ1n) is 13.3. The Labute approximate surface area is 205 Å². The van der Waals surface area contributed by atoms with Crippen LogP contribution >= 0.6 is 0 Å². The summed E-state index contributed by atoms with van der Waals surface area (Å²) in [7, 11) is 0. The van der Waals surface area contributed by atoms with Crippen LogP contribution in [0.25, 0.3) is 0 Å². The fourth-order valence-corrected chi connectivity index (χ4v) is 8.40. The predicted molar refractivity (Wildman–Crippen MR) is 134 cm³/mol. The second-order valence-electron chi connectivity index (χ2n) is 13.7. The molecule has 2 fully saturated rings. The summed E-state index contributed by atoms with van der Waals surface area (Å²) in [5.74, 6) is 0.206. The zero-order valence-corrected chi connectivity index (χ0v) is 22.3. The number of carbonyl (C=O) groups is 2. The highest BCUT2D eigenvalue weighted by atomic mass is 16.3. The number of carbonyl (C=O) groups excluding carboxylic acids is 2. The summed E-state index contributed by atoms with van der Waals surface area (Å²) < 4.78 is 0. The van der Waals surface area contributed by atoms with Gasteiger partial charge in [-0.1, -0.05) is 60.1 Å². The van der Waals surface area contributed by atoms with E-state index in [1.54, 1.807) is 0 Å². The van der Waals surface area contributed by atoms with Gasteiger partial charge in [0.05, 0.1) is 11.2 Å². The Balaban J connectivity index is 1.69. The van der Waals surface area contributed by atoms with Gasteiger partial charge < -0.3 is 5.11 Å². The average Bonchev–Trinajstić information content (AvgIpc) is 2.74. The Morgan fingerprint density at radius 1 is 1.06 bits per heavy atom. The quantitative estimate of drug-likeness (QED) is 0.527. The molecule has 1 N–H and O–H groups in total. The summed E-state index contributed by atoms with van der Waals surface area (Å²) in [5.41, 5.74) is -0.0179. The van der Waals surface area contributed by atoms with E-state index < -0.39 is 11.0 Å². The summed E-state index contributed by atoms with van der Waals surface area (Å²) in [5, 5.41) is 21.3. The Morgan fingerprint density at radius 3 is 2.35 bits per heavy atom. The van der Waals surface area contributed by atoms with Crippen LogP contribution in [0.3, 0.4) is 0 Å². The highest BCUT2D eigenvalue weighted by Gasteiger charge is 2.61. The molecular weight excluding hydrogens is 422 g/mol. The van der Waals surface area contributed by atoms with E-state index in [1.807, 2.05) is 19.1 Å². The van der Waals surface area contributed by atoms with Gasteiger partial charge in [0.2, 0.25) is 0 Å². The number of ketones is 2. The Bertz CT molecular complexity index is 1010. The van der Waals surface area contributed by atoms with Crippen molar-refractivity contribution in [2.45, 2.75) is 105 Å². The van der Waals surface area contributed by atoms with Crippen molar-refractivity contribution in [3.63, 3.8) is 0 Å². The predicted octanol–water partition coefficient (Wildman–Crippen LogP) is 6.34. The molecule has 1 unspecified atom stereocenters. The molecule has 0 bridgehead atoms. The third-order valence-electron chi connectivity index (χ3n) is 11.1. The van der Waals surface area contributed by atoms with Crippen LogP contribution in [0.15, 0.2) is 23.3 Å². The number of rotatable bonds is 3. The fourth-order valence-electron chi connectivity index (χ4n) is 8.40. The normalized spacial score (nSPS) is 46.0. The minimum atomic E-state index is -0.681. The van der Waals surface area contributed by atoms with Crippen LogP contribution in [-0.4, -0.2) is 22.3 Å². The lowest BCUT2D eigenvalue weighted by Gasteiger charge is -2.61. The highest BCUT2D eigenvalue weighted by molar-refractivity contribution is 6.02. The molecule has 34 heavy (non-hydrogen) atoms. The number of Topliss-reactive ketones (excluding diaryl/α,β-unsaturated/α-hetero) is 1. The van der Waals surface area contributed by atoms with Gasteiger partial charge in [-0.25, -0.2) is 0 Å². The van der Waals surface area contributed by atoms with Crippen molar-refractivity contribution < 1.29 is 14.7 Å². The molecule has 0 spiro atoms. The molecular formula is C30H43NO3. The molecule has 4 heteroatoms. The third-order valence-corrected chi connectivity index (χ3v) is 11.1. The molecule has 0 amide bonds. The van der Waals surface area contributed by atoms with Crippen molar-refractivity contribution in [2.75, 3.05) is 0 Å². The number of fused-ring (bicyclic) bond motifs is 3. The number of hydrogen-bond donors (Lipinski definition) is 1. The smallest absolute Gasteiger partial charge is 0.176 e.